The molecule has 5 rings (SSSR count). The molecule has 0 saturated carbocycles. The topological polar surface area (TPSA) is 63.3 Å². The van der Waals surface area contributed by atoms with E-state index in [2.05, 4.69) is 0 Å². The molecule has 0 atom stereocenters. The van der Waals surface area contributed by atoms with Gasteiger partial charge in [-0.1, -0.05) is 91.0 Å². The van der Waals surface area contributed by atoms with E-state index in [1.54, 1.807) is 4.52 Å². The molecular formula is C24H18N4O. The summed E-state index contributed by atoms with van der Waals surface area (Å²) in [7, 11) is 0. The third-order valence-electron chi connectivity index (χ3n) is 4.86. The van der Waals surface area contributed by atoms with Crippen LogP contribution in [0.5, 0.6) is 0 Å². The molecule has 5 heteroatoms. The first-order valence-corrected chi connectivity index (χ1v) is 9.42. The van der Waals surface area contributed by atoms with Crippen LogP contribution in [0.15, 0.2) is 91.0 Å². The van der Waals surface area contributed by atoms with E-state index in [0.717, 1.165) is 28.1 Å². The first-order valence-electron chi connectivity index (χ1n) is 9.42. The van der Waals surface area contributed by atoms with Crippen LogP contribution in [0.1, 0.15) is 5.69 Å². The minimum atomic E-state index is -0.182. The van der Waals surface area contributed by atoms with Gasteiger partial charge in [0.25, 0.3) is 5.78 Å². The van der Waals surface area contributed by atoms with Gasteiger partial charge in [0, 0.05) is 16.7 Å². The molecule has 2 heterocycles. The summed E-state index contributed by atoms with van der Waals surface area (Å²) in [4.78, 5) is 9.56. The van der Waals surface area contributed by atoms with Gasteiger partial charge < -0.3 is 5.11 Å². The lowest BCUT2D eigenvalue weighted by molar-refractivity contribution is 0.274. The molecule has 0 aliphatic heterocycles. The van der Waals surface area contributed by atoms with Crippen LogP contribution in [0.25, 0.3) is 39.5 Å². The standard InChI is InChI=1S/C24H18N4O/c29-16-20-21(17-10-4-1-5-11-17)25-24-26-22(18-12-6-2-7-13-18)23(27-28(20)24)19-14-8-3-9-15-19/h1-15,29H,16H2. The molecule has 0 aliphatic rings. The number of hydrogen-bond donors (Lipinski definition) is 1. The van der Waals surface area contributed by atoms with E-state index >= 15 is 0 Å². The maximum Gasteiger partial charge on any atom is 0.252 e. The Morgan fingerprint density at radius 1 is 0.586 bits per heavy atom. The second-order valence-corrected chi connectivity index (χ2v) is 6.68. The Morgan fingerprint density at radius 3 is 1.55 bits per heavy atom. The van der Waals surface area contributed by atoms with Crippen molar-refractivity contribution < 1.29 is 5.11 Å². The number of aliphatic hydroxyl groups is 1. The number of imidazole rings is 1. The van der Waals surface area contributed by atoms with Crippen molar-refractivity contribution in [1.29, 1.82) is 0 Å². The third-order valence-corrected chi connectivity index (χ3v) is 4.86. The largest absolute Gasteiger partial charge is 0.390 e. The lowest BCUT2D eigenvalue weighted by Gasteiger charge is -2.09. The Labute approximate surface area is 168 Å². The van der Waals surface area contributed by atoms with Crippen LogP contribution in [0, 0.1) is 0 Å². The van der Waals surface area contributed by atoms with Crippen molar-refractivity contribution in [3.63, 3.8) is 0 Å². The van der Waals surface area contributed by atoms with Gasteiger partial charge in [-0.15, -0.1) is 0 Å². The quantitative estimate of drug-likeness (QED) is 0.496. The molecule has 3 aromatic carbocycles. The Morgan fingerprint density at radius 2 is 1.03 bits per heavy atom. The first-order chi connectivity index (χ1) is 14.3. The van der Waals surface area contributed by atoms with Crippen molar-refractivity contribution in [2.24, 2.45) is 0 Å². The predicted molar refractivity (Wildman–Crippen MR) is 113 cm³/mol. The van der Waals surface area contributed by atoms with Gasteiger partial charge in [0.05, 0.1) is 18.0 Å². The van der Waals surface area contributed by atoms with Crippen LogP contribution in [0.4, 0.5) is 0 Å². The molecule has 140 valence electrons. The molecule has 0 aliphatic carbocycles. The summed E-state index contributed by atoms with van der Waals surface area (Å²) in [6.45, 7) is -0.182. The molecule has 1 N–H and O–H groups in total. The van der Waals surface area contributed by atoms with Gasteiger partial charge >= 0.3 is 0 Å². The lowest BCUT2D eigenvalue weighted by Crippen LogP contribution is -2.04. The van der Waals surface area contributed by atoms with Crippen molar-refractivity contribution >= 4 is 5.78 Å². The fourth-order valence-electron chi connectivity index (χ4n) is 3.47. The van der Waals surface area contributed by atoms with Crippen LogP contribution >= 0.6 is 0 Å². The zero-order valence-electron chi connectivity index (χ0n) is 15.6. The highest BCUT2D eigenvalue weighted by molar-refractivity contribution is 5.79. The molecule has 0 spiro atoms. The molecule has 5 nitrogen and oxygen atoms in total. The maximum absolute atomic E-state index is 10.1. The number of rotatable bonds is 4. The van der Waals surface area contributed by atoms with Gasteiger partial charge in [0.2, 0.25) is 0 Å². The smallest absolute Gasteiger partial charge is 0.252 e. The Hall–Kier alpha value is -3.83. The predicted octanol–water partition coefficient (Wildman–Crippen LogP) is 4.62. The Balaban J connectivity index is 1.82. The van der Waals surface area contributed by atoms with Gasteiger partial charge in [-0.2, -0.15) is 9.61 Å². The minimum absolute atomic E-state index is 0.182. The van der Waals surface area contributed by atoms with Crippen molar-refractivity contribution in [2.75, 3.05) is 0 Å². The molecule has 0 bridgehead atoms. The second-order valence-electron chi connectivity index (χ2n) is 6.68. The highest BCUT2D eigenvalue weighted by atomic mass is 16.3. The molecular weight excluding hydrogens is 360 g/mol. The summed E-state index contributed by atoms with van der Waals surface area (Å²) >= 11 is 0. The third kappa shape index (κ3) is 3.07. The van der Waals surface area contributed by atoms with Crippen LogP contribution in [0.3, 0.4) is 0 Å². The van der Waals surface area contributed by atoms with Crippen LogP contribution in [0.2, 0.25) is 0 Å². The summed E-state index contributed by atoms with van der Waals surface area (Å²) in [5.41, 5.74) is 5.67. The summed E-state index contributed by atoms with van der Waals surface area (Å²) in [5.74, 6) is 0.464. The molecule has 29 heavy (non-hydrogen) atoms. The van der Waals surface area contributed by atoms with E-state index in [4.69, 9.17) is 15.1 Å². The Bertz CT molecular complexity index is 1270. The number of hydrogen-bond acceptors (Lipinski definition) is 4. The molecule has 0 saturated heterocycles. The zero-order chi connectivity index (χ0) is 19.6. The van der Waals surface area contributed by atoms with Gasteiger partial charge in [0.1, 0.15) is 11.4 Å². The number of aliphatic hydroxyl groups excluding tert-OH is 1. The molecule has 0 amide bonds. The van der Waals surface area contributed by atoms with Gasteiger partial charge in [-0.05, 0) is 0 Å². The van der Waals surface area contributed by atoms with Crippen molar-refractivity contribution in [3.8, 4) is 33.8 Å². The molecule has 0 unspecified atom stereocenters. The number of nitrogens with zero attached hydrogens (tertiary/aromatic N) is 4. The van der Waals surface area contributed by atoms with Crippen molar-refractivity contribution in [2.45, 2.75) is 6.61 Å². The van der Waals surface area contributed by atoms with Crippen LogP contribution in [-0.2, 0) is 6.61 Å². The average molecular weight is 378 g/mol. The van der Waals surface area contributed by atoms with E-state index in [9.17, 15) is 5.11 Å². The summed E-state index contributed by atoms with van der Waals surface area (Å²) in [5, 5.41) is 15.0. The summed E-state index contributed by atoms with van der Waals surface area (Å²) < 4.78 is 1.65. The fraction of sp³-hybridized carbons (Fsp3) is 0.0417. The minimum Gasteiger partial charge on any atom is -0.390 e. The van der Waals surface area contributed by atoms with E-state index in [-0.39, 0.29) is 6.61 Å². The molecule has 0 radical (unpaired) electrons. The van der Waals surface area contributed by atoms with Crippen molar-refractivity contribution in [1.82, 2.24) is 19.6 Å². The average Bonchev–Trinajstić information content (AvgIpc) is 3.17. The Kier molecular flexibility index (Phi) is 4.35. The number of fused-ring (bicyclic) bond motifs is 1. The van der Waals surface area contributed by atoms with Crippen LogP contribution < -0.4 is 0 Å². The maximum atomic E-state index is 10.1. The highest BCUT2D eigenvalue weighted by Crippen LogP contribution is 2.31. The lowest BCUT2D eigenvalue weighted by atomic mass is 10.0. The van der Waals surface area contributed by atoms with Crippen molar-refractivity contribution in [3.05, 3.63) is 96.7 Å². The molecule has 2 aromatic heterocycles. The summed E-state index contributed by atoms with van der Waals surface area (Å²) in [6, 6.07) is 29.7. The van der Waals surface area contributed by atoms with E-state index in [1.165, 1.54) is 0 Å². The molecule has 0 fully saturated rings. The molecule has 5 aromatic rings. The SMILES string of the molecule is OCc1c(-c2ccccc2)nc2nc(-c3ccccc3)c(-c3ccccc3)nn12. The summed E-state index contributed by atoms with van der Waals surface area (Å²) in [6.07, 6.45) is 0. The first kappa shape index (κ1) is 17.3. The van der Waals surface area contributed by atoms with E-state index in [0.29, 0.717) is 17.2 Å². The van der Waals surface area contributed by atoms with Gasteiger partial charge in [-0.3, -0.25) is 0 Å². The second kappa shape index (κ2) is 7.30. The monoisotopic (exact) mass is 378 g/mol. The normalized spacial score (nSPS) is 11.1. The number of benzene rings is 3. The van der Waals surface area contributed by atoms with E-state index in [1.807, 2.05) is 91.0 Å². The zero-order valence-corrected chi connectivity index (χ0v) is 15.6. The fourth-order valence-corrected chi connectivity index (χ4v) is 3.47. The van der Waals surface area contributed by atoms with Gasteiger partial charge in [-0.25, -0.2) is 9.97 Å². The highest BCUT2D eigenvalue weighted by Gasteiger charge is 2.19. The van der Waals surface area contributed by atoms with Gasteiger partial charge in [0.15, 0.2) is 0 Å². The number of aromatic nitrogens is 4. The van der Waals surface area contributed by atoms with E-state index < -0.39 is 0 Å². The van der Waals surface area contributed by atoms with Crippen LogP contribution in [-0.4, -0.2) is 24.7 Å².